The Labute approximate surface area is 355 Å². The number of benzene rings is 6. The van der Waals surface area contributed by atoms with Gasteiger partial charge in [-0.25, -0.2) is 0 Å². The quantitative estimate of drug-likeness (QED) is 0.121. The van der Waals surface area contributed by atoms with Crippen molar-refractivity contribution >= 4 is 37.1 Å². The van der Waals surface area contributed by atoms with Gasteiger partial charge in [-0.2, -0.15) is 0 Å². The van der Waals surface area contributed by atoms with Crippen LogP contribution in [0.15, 0.2) is 158 Å². The van der Waals surface area contributed by atoms with Crippen LogP contribution in [0.1, 0.15) is 135 Å². The van der Waals surface area contributed by atoms with Gasteiger partial charge in [0.05, 0.1) is 0 Å². The van der Waals surface area contributed by atoms with E-state index in [0.717, 1.165) is 0 Å². The molecule has 0 bridgehead atoms. The van der Waals surface area contributed by atoms with E-state index in [1.807, 2.05) is 0 Å². The zero-order valence-corrected chi connectivity index (χ0v) is 39.4. The van der Waals surface area contributed by atoms with E-state index < -0.39 is 15.8 Å². The van der Waals surface area contributed by atoms with Crippen molar-refractivity contribution in [1.29, 1.82) is 0 Å². The van der Waals surface area contributed by atoms with Gasteiger partial charge < -0.3 is 0 Å². The molecule has 0 saturated carbocycles. The summed E-state index contributed by atoms with van der Waals surface area (Å²) >= 11 is 0. The van der Waals surface area contributed by atoms with Gasteiger partial charge in [0.2, 0.25) is 0 Å². The van der Waals surface area contributed by atoms with E-state index in [-0.39, 0.29) is 38.9 Å². The van der Waals surface area contributed by atoms with Gasteiger partial charge in [0.15, 0.2) is 0 Å². The van der Waals surface area contributed by atoms with Crippen LogP contribution < -0.4 is 21.2 Å². The van der Waals surface area contributed by atoms with Crippen LogP contribution in [0.4, 0.5) is 0 Å². The van der Waals surface area contributed by atoms with Gasteiger partial charge in [0.1, 0.15) is 0 Å². The van der Waals surface area contributed by atoms with Crippen LogP contribution in [-0.2, 0) is 21.7 Å². The monoisotopic (exact) mass is 802 g/mol. The third-order valence-corrected chi connectivity index (χ3v) is 17.9. The van der Waals surface area contributed by atoms with Crippen molar-refractivity contribution in [1.82, 2.24) is 0 Å². The Morgan fingerprint density at radius 3 is 0.690 bits per heavy atom. The second-order valence-electron chi connectivity index (χ2n) is 20.5. The normalized spacial score (nSPS) is 14.4. The summed E-state index contributed by atoms with van der Waals surface area (Å²) in [5.74, 6) is 0.274. The first kappa shape index (κ1) is 43.8. The molecule has 0 N–H and O–H groups in total. The van der Waals surface area contributed by atoms with E-state index >= 15 is 0 Å². The van der Waals surface area contributed by atoms with E-state index in [9.17, 15) is 0 Å². The molecule has 0 radical (unpaired) electrons. The maximum atomic E-state index is 2.58. The number of rotatable bonds is 10. The minimum Gasteiger partial charge on any atom is -0.0622 e. The summed E-state index contributed by atoms with van der Waals surface area (Å²) in [6.45, 7) is 30.4. The van der Waals surface area contributed by atoms with Gasteiger partial charge in [-0.1, -0.05) is 248 Å². The van der Waals surface area contributed by atoms with Crippen LogP contribution in [0.5, 0.6) is 0 Å². The van der Waals surface area contributed by atoms with Gasteiger partial charge in [0.25, 0.3) is 0 Å². The summed E-state index contributed by atoms with van der Waals surface area (Å²) < 4.78 is 0. The Morgan fingerprint density at radius 1 is 0.293 bits per heavy atom. The van der Waals surface area contributed by atoms with Crippen LogP contribution in [0.2, 0.25) is 0 Å². The predicted molar refractivity (Wildman–Crippen MR) is 260 cm³/mol. The zero-order valence-electron chi connectivity index (χ0n) is 37.6. The molecular weight excluding hydrogens is 735 g/mol. The van der Waals surface area contributed by atoms with Crippen molar-refractivity contribution in [2.45, 2.75) is 123 Å². The number of hydrogen-bond donors (Lipinski definition) is 0. The molecule has 302 valence electrons. The lowest BCUT2D eigenvalue weighted by molar-refractivity contribution is 0.546. The minimum absolute atomic E-state index is 0.0844. The third kappa shape index (κ3) is 10.1. The van der Waals surface area contributed by atoms with Crippen molar-refractivity contribution in [3.05, 3.63) is 191 Å². The Morgan fingerprint density at radius 2 is 0.500 bits per heavy atom. The molecule has 2 heteroatoms. The first-order valence-corrected chi connectivity index (χ1v) is 24.2. The molecule has 0 heterocycles. The van der Waals surface area contributed by atoms with Crippen molar-refractivity contribution in [3.63, 3.8) is 0 Å². The molecule has 0 spiro atoms. The standard InChI is InChI=1S/C56H68P2/c1-40(51(41-20-16-14-17-21-41)57(47-32-24-43(25-33-47)53(2,3)4)48-34-26-44(27-35-48)54(5,6)7)52(42-22-18-15-19-23-42)58(49-36-28-45(29-37-49)55(8,9)10)50-38-30-46(31-39-50)56(11,12)13/h14-40,51-52H,1-13H3. The fourth-order valence-electron chi connectivity index (χ4n) is 8.28. The SMILES string of the molecule is CC(C(c1ccccc1)P(c1ccc(C(C)(C)C)cc1)c1ccc(C(C)(C)C)cc1)C(c1ccccc1)P(c1ccc(C(C)(C)C)cc1)c1ccc(C(C)(C)C)cc1. The molecule has 0 saturated heterocycles. The van der Waals surface area contributed by atoms with E-state index in [0.29, 0.717) is 0 Å². The third-order valence-electron chi connectivity index (χ3n) is 11.9. The second-order valence-corrected chi connectivity index (χ2v) is 25.2. The summed E-state index contributed by atoms with van der Waals surface area (Å²) in [5, 5.41) is 5.75. The Bertz CT molecular complexity index is 1910. The van der Waals surface area contributed by atoms with Crippen LogP contribution in [0.25, 0.3) is 0 Å². The summed E-state index contributed by atoms with van der Waals surface area (Å²) in [5.41, 5.74) is 9.17. The average Bonchev–Trinajstić information content (AvgIpc) is 3.18. The zero-order chi connectivity index (χ0) is 42.0. The van der Waals surface area contributed by atoms with Gasteiger partial charge in [-0.05, 0) is 98.0 Å². The highest BCUT2D eigenvalue weighted by atomic mass is 31.1. The molecule has 2 unspecified atom stereocenters. The topological polar surface area (TPSA) is 0 Å². The minimum atomic E-state index is -0.843. The molecule has 58 heavy (non-hydrogen) atoms. The Hall–Kier alpha value is -3.82. The highest BCUT2D eigenvalue weighted by Crippen LogP contribution is 2.63. The van der Waals surface area contributed by atoms with Crippen molar-refractivity contribution in [2.75, 3.05) is 0 Å². The maximum Gasteiger partial charge on any atom is 0.0157 e. The van der Waals surface area contributed by atoms with Crippen LogP contribution in [0.3, 0.4) is 0 Å². The van der Waals surface area contributed by atoms with Gasteiger partial charge in [0, 0.05) is 11.3 Å². The molecule has 6 aromatic rings. The van der Waals surface area contributed by atoms with Gasteiger partial charge in [-0.15, -0.1) is 0 Å². The molecule has 0 aliphatic rings. The first-order chi connectivity index (χ1) is 27.2. The molecule has 0 aromatic heterocycles. The smallest absolute Gasteiger partial charge is 0.0157 e. The van der Waals surface area contributed by atoms with Crippen LogP contribution in [0, 0.1) is 5.92 Å². The van der Waals surface area contributed by atoms with Gasteiger partial charge >= 0.3 is 0 Å². The molecule has 0 fully saturated rings. The summed E-state index contributed by atoms with van der Waals surface area (Å²) in [6.07, 6.45) is 0. The van der Waals surface area contributed by atoms with E-state index in [1.165, 1.54) is 54.6 Å². The molecular formula is C56H68P2. The molecule has 0 nitrogen and oxygen atoms in total. The lowest BCUT2D eigenvalue weighted by Crippen LogP contribution is -2.28. The van der Waals surface area contributed by atoms with Gasteiger partial charge in [-0.3, -0.25) is 0 Å². The van der Waals surface area contributed by atoms with E-state index in [2.05, 4.69) is 248 Å². The van der Waals surface area contributed by atoms with E-state index in [4.69, 9.17) is 0 Å². The molecule has 6 aromatic carbocycles. The lowest BCUT2D eigenvalue weighted by atomic mass is 9.87. The summed E-state index contributed by atoms with van der Waals surface area (Å²) in [7, 11) is -1.69. The van der Waals surface area contributed by atoms with E-state index in [1.54, 1.807) is 0 Å². The first-order valence-electron chi connectivity index (χ1n) is 21.3. The fraction of sp³-hybridized carbons (Fsp3) is 0.357. The highest BCUT2D eigenvalue weighted by molar-refractivity contribution is 7.74. The maximum absolute atomic E-state index is 2.58. The van der Waals surface area contributed by atoms with Crippen molar-refractivity contribution in [3.8, 4) is 0 Å². The molecule has 0 aliphatic heterocycles. The largest absolute Gasteiger partial charge is 0.0622 e. The molecule has 2 atom stereocenters. The second kappa shape index (κ2) is 17.4. The summed E-state index contributed by atoms with van der Waals surface area (Å²) in [6, 6.07) is 61.9. The molecule has 6 rings (SSSR count). The Kier molecular flexibility index (Phi) is 13.1. The Balaban J connectivity index is 1.63. The van der Waals surface area contributed by atoms with Crippen molar-refractivity contribution in [2.24, 2.45) is 5.92 Å². The predicted octanol–water partition coefficient (Wildman–Crippen LogP) is 14.6. The van der Waals surface area contributed by atoms with Crippen LogP contribution >= 0.6 is 15.8 Å². The lowest BCUT2D eigenvalue weighted by Gasteiger charge is -2.42. The molecule has 0 amide bonds. The van der Waals surface area contributed by atoms with Crippen molar-refractivity contribution < 1.29 is 0 Å². The highest BCUT2D eigenvalue weighted by Gasteiger charge is 2.40. The summed E-state index contributed by atoms with van der Waals surface area (Å²) in [4.78, 5) is 0. The fourth-order valence-corrected chi connectivity index (χ4v) is 14.4. The average molecular weight is 803 g/mol. The molecule has 0 aliphatic carbocycles. The number of hydrogen-bond acceptors (Lipinski definition) is 0. The van der Waals surface area contributed by atoms with Crippen LogP contribution in [-0.4, -0.2) is 0 Å².